The van der Waals surface area contributed by atoms with E-state index < -0.39 is 0 Å². The van der Waals surface area contributed by atoms with Gasteiger partial charge in [0.25, 0.3) is 0 Å². The van der Waals surface area contributed by atoms with Crippen molar-refractivity contribution in [1.29, 1.82) is 0 Å². The maximum absolute atomic E-state index is 4.48. The van der Waals surface area contributed by atoms with Crippen LogP contribution < -0.4 is 5.32 Å². The highest BCUT2D eigenvalue weighted by molar-refractivity contribution is 7.22. The monoisotopic (exact) mass is 255 g/mol. The van der Waals surface area contributed by atoms with Gasteiger partial charge in [-0.05, 0) is 30.2 Å². The number of aryl methyl sites for hydroxylation is 1. The molecule has 90 valence electrons. The van der Waals surface area contributed by atoms with Crippen molar-refractivity contribution in [3.05, 3.63) is 48.2 Å². The third-order valence-electron chi connectivity index (χ3n) is 2.80. The molecule has 1 N–H and O–H groups in total. The molecule has 0 aliphatic rings. The molecule has 0 saturated carbocycles. The Kier molecular flexibility index (Phi) is 2.94. The summed E-state index contributed by atoms with van der Waals surface area (Å²) >= 11 is 1.63. The Labute approximate surface area is 110 Å². The summed E-state index contributed by atoms with van der Waals surface area (Å²) in [6.45, 7) is 2.15. The van der Waals surface area contributed by atoms with Crippen LogP contribution >= 0.6 is 11.3 Å². The van der Waals surface area contributed by atoms with E-state index in [-0.39, 0.29) is 0 Å². The number of fused-ring (bicyclic) bond motifs is 1. The number of nitrogens with one attached hydrogen (secondary N) is 1. The van der Waals surface area contributed by atoms with Gasteiger partial charge >= 0.3 is 0 Å². The van der Waals surface area contributed by atoms with Crippen LogP contribution in [0.1, 0.15) is 12.5 Å². The summed E-state index contributed by atoms with van der Waals surface area (Å²) in [6.07, 6.45) is 2.78. The molecule has 0 aliphatic carbocycles. The van der Waals surface area contributed by atoms with Crippen molar-refractivity contribution in [2.45, 2.75) is 13.3 Å². The molecule has 3 nitrogen and oxygen atoms in total. The van der Waals surface area contributed by atoms with Gasteiger partial charge < -0.3 is 5.32 Å². The fraction of sp³-hybridized carbons (Fsp3) is 0.143. The fourth-order valence-electron chi connectivity index (χ4n) is 1.89. The molecule has 0 spiro atoms. The second-order valence-corrected chi connectivity index (χ2v) is 5.01. The smallest absolute Gasteiger partial charge is 0.189 e. The molecule has 3 rings (SSSR count). The van der Waals surface area contributed by atoms with Crippen LogP contribution in [0.4, 0.5) is 10.8 Å². The molecular formula is C14H13N3S. The maximum atomic E-state index is 4.48. The first-order chi connectivity index (χ1) is 8.86. The van der Waals surface area contributed by atoms with E-state index in [0.29, 0.717) is 0 Å². The third-order valence-corrected chi connectivity index (χ3v) is 3.73. The van der Waals surface area contributed by atoms with Crippen LogP contribution in [0.3, 0.4) is 0 Å². The number of rotatable bonds is 3. The van der Waals surface area contributed by atoms with Crippen LogP contribution in [0.15, 0.2) is 42.6 Å². The van der Waals surface area contributed by atoms with Crippen LogP contribution in [0.2, 0.25) is 0 Å². The first kappa shape index (κ1) is 11.2. The van der Waals surface area contributed by atoms with E-state index >= 15 is 0 Å². The maximum Gasteiger partial charge on any atom is 0.189 e. The quantitative estimate of drug-likeness (QED) is 0.768. The summed E-state index contributed by atoms with van der Waals surface area (Å²) in [5.74, 6) is 0. The van der Waals surface area contributed by atoms with E-state index in [1.54, 1.807) is 17.5 Å². The van der Waals surface area contributed by atoms with E-state index in [4.69, 9.17) is 0 Å². The fourth-order valence-corrected chi connectivity index (χ4v) is 2.73. The second kappa shape index (κ2) is 4.74. The molecule has 0 amide bonds. The van der Waals surface area contributed by atoms with Gasteiger partial charge in [-0.2, -0.15) is 4.98 Å². The normalized spacial score (nSPS) is 10.7. The number of hydrogen-bond acceptors (Lipinski definition) is 4. The van der Waals surface area contributed by atoms with E-state index in [2.05, 4.69) is 40.4 Å². The van der Waals surface area contributed by atoms with E-state index in [9.17, 15) is 0 Å². The van der Waals surface area contributed by atoms with Crippen LogP contribution in [-0.2, 0) is 6.42 Å². The Morgan fingerprint density at radius 2 is 2.06 bits per heavy atom. The molecule has 2 aromatic heterocycles. The highest BCUT2D eigenvalue weighted by Gasteiger charge is 2.06. The number of pyridine rings is 1. The lowest BCUT2D eigenvalue weighted by atomic mass is 10.1. The lowest BCUT2D eigenvalue weighted by Crippen LogP contribution is -1.94. The topological polar surface area (TPSA) is 37.8 Å². The number of thiazole rings is 1. The molecule has 0 bridgehead atoms. The molecular weight excluding hydrogens is 242 g/mol. The summed E-state index contributed by atoms with van der Waals surface area (Å²) in [5, 5.41) is 4.27. The molecule has 0 aliphatic heterocycles. The Bertz CT molecular complexity index is 642. The van der Waals surface area contributed by atoms with Crippen molar-refractivity contribution < 1.29 is 0 Å². The largest absolute Gasteiger partial charge is 0.331 e. The zero-order valence-electron chi connectivity index (χ0n) is 10.1. The molecule has 4 heteroatoms. The summed E-state index contributed by atoms with van der Waals surface area (Å²) < 4.78 is 1.11. The minimum Gasteiger partial charge on any atom is -0.331 e. The van der Waals surface area contributed by atoms with Crippen molar-refractivity contribution in [3.8, 4) is 0 Å². The zero-order chi connectivity index (χ0) is 12.4. The minimum atomic E-state index is 0.805. The first-order valence-electron chi connectivity index (χ1n) is 5.93. The van der Waals surface area contributed by atoms with Gasteiger partial charge in [0.1, 0.15) is 0 Å². The number of nitrogens with zero attached hydrogens (tertiary/aromatic N) is 2. The standard InChI is InChI=1S/C14H13N3S/c1-2-10-6-3-4-7-11(10)16-14-17-13-12(18-14)8-5-9-15-13/h3-9H,2H2,1H3,(H,15,16,17). The summed E-state index contributed by atoms with van der Waals surface area (Å²) in [4.78, 5) is 8.73. The molecule has 3 aromatic rings. The lowest BCUT2D eigenvalue weighted by molar-refractivity contribution is 1.14. The van der Waals surface area contributed by atoms with Crippen LogP contribution in [-0.4, -0.2) is 9.97 Å². The highest BCUT2D eigenvalue weighted by Crippen LogP contribution is 2.28. The Morgan fingerprint density at radius 1 is 1.17 bits per heavy atom. The average Bonchev–Trinajstić information content (AvgIpc) is 2.81. The number of anilines is 2. The summed E-state index contributed by atoms with van der Waals surface area (Å²) in [5.41, 5.74) is 3.22. The van der Waals surface area contributed by atoms with Gasteiger partial charge in [0.2, 0.25) is 0 Å². The van der Waals surface area contributed by atoms with Gasteiger partial charge in [-0.3, -0.25) is 0 Å². The SMILES string of the molecule is CCc1ccccc1Nc1nc2ncccc2s1. The zero-order valence-corrected chi connectivity index (χ0v) is 10.9. The number of aromatic nitrogens is 2. The Hall–Kier alpha value is -1.94. The van der Waals surface area contributed by atoms with Gasteiger partial charge in [-0.15, -0.1) is 0 Å². The average molecular weight is 255 g/mol. The minimum absolute atomic E-state index is 0.805. The lowest BCUT2D eigenvalue weighted by Gasteiger charge is -2.07. The molecule has 0 fully saturated rings. The van der Waals surface area contributed by atoms with Crippen LogP contribution in [0, 0.1) is 0 Å². The Balaban J connectivity index is 1.96. The van der Waals surface area contributed by atoms with Crippen LogP contribution in [0.25, 0.3) is 10.3 Å². The van der Waals surface area contributed by atoms with Crippen molar-refractivity contribution in [3.63, 3.8) is 0 Å². The van der Waals surface area contributed by atoms with Gasteiger partial charge in [-0.1, -0.05) is 36.5 Å². The van der Waals surface area contributed by atoms with Gasteiger partial charge in [0, 0.05) is 11.9 Å². The van der Waals surface area contributed by atoms with Crippen molar-refractivity contribution >= 4 is 32.5 Å². The molecule has 0 saturated heterocycles. The van der Waals surface area contributed by atoms with Crippen molar-refractivity contribution in [2.24, 2.45) is 0 Å². The molecule has 2 heterocycles. The Morgan fingerprint density at radius 3 is 2.89 bits per heavy atom. The second-order valence-electron chi connectivity index (χ2n) is 3.98. The van der Waals surface area contributed by atoms with Crippen molar-refractivity contribution in [2.75, 3.05) is 5.32 Å². The predicted molar refractivity (Wildman–Crippen MR) is 76.5 cm³/mol. The summed E-state index contributed by atoms with van der Waals surface area (Å²) in [6, 6.07) is 12.3. The molecule has 0 atom stereocenters. The van der Waals surface area contributed by atoms with Gasteiger partial charge in [-0.25, -0.2) is 4.98 Å². The molecule has 0 radical (unpaired) electrons. The highest BCUT2D eigenvalue weighted by atomic mass is 32.1. The van der Waals surface area contributed by atoms with E-state index in [1.807, 2.05) is 18.2 Å². The molecule has 1 aromatic carbocycles. The van der Waals surface area contributed by atoms with Crippen LogP contribution in [0.5, 0.6) is 0 Å². The summed E-state index contributed by atoms with van der Waals surface area (Å²) in [7, 11) is 0. The van der Waals surface area contributed by atoms with Crippen molar-refractivity contribution in [1.82, 2.24) is 9.97 Å². The number of para-hydroxylation sites is 1. The van der Waals surface area contributed by atoms with Gasteiger partial charge in [0.15, 0.2) is 10.8 Å². The number of hydrogen-bond donors (Lipinski definition) is 1. The van der Waals surface area contributed by atoms with E-state index in [0.717, 1.165) is 27.6 Å². The third kappa shape index (κ3) is 2.07. The van der Waals surface area contributed by atoms with Gasteiger partial charge in [0.05, 0.1) is 4.70 Å². The first-order valence-corrected chi connectivity index (χ1v) is 6.75. The molecule has 0 unspecified atom stereocenters. The van der Waals surface area contributed by atoms with E-state index in [1.165, 1.54) is 5.56 Å². The molecule has 18 heavy (non-hydrogen) atoms. The number of benzene rings is 1. The predicted octanol–water partition coefficient (Wildman–Crippen LogP) is 4.00.